The number of anilines is 2. The van der Waals surface area contributed by atoms with Crippen LogP contribution in [0, 0.1) is 18.8 Å². The van der Waals surface area contributed by atoms with Gasteiger partial charge in [-0.25, -0.2) is 17.5 Å². The maximum atomic E-state index is 13.6. The molecular weight excluding hydrogens is 705 g/mol. The summed E-state index contributed by atoms with van der Waals surface area (Å²) < 4.78 is 59.6. The molecule has 2 aromatic rings. The van der Waals surface area contributed by atoms with Crippen LogP contribution < -0.4 is 16.4 Å². The smallest absolute Gasteiger partial charge is 0.351 e. The molecule has 0 bridgehead atoms. The highest BCUT2D eigenvalue weighted by Crippen LogP contribution is 2.28. The Labute approximate surface area is 313 Å². The molecule has 3 N–H and O–H groups in total. The van der Waals surface area contributed by atoms with E-state index in [2.05, 4.69) is 43.4 Å². The van der Waals surface area contributed by atoms with E-state index in [0.717, 1.165) is 81.2 Å². The van der Waals surface area contributed by atoms with Crippen LogP contribution in [0.4, 0.5) is 11.4 Å². The summed E-state index contributed by atoms with van der Waals surface area (Å²) >= 11 is 0. The van der Waals surface area contributed by atoms with E-state index in [0.29, 0.717) is 17.5 Å². The molecule has 2 rings (SSSR count). The summed E-state index contributed by atoms with van der Waals surface area (Å²) in [5.41, 5.74) is 5.92. The summed E-state index contributed by atoms with van der Waals surface area (Å²) in [6, 6.07) is 5.94. The highest BCUT2D eigenvalue weighted by Gasteiger charge is 2.31. The summed E-state index contributed by atoms with van der Waals surface area (Å²) in [7, 11) is -1.88. The molecule has 0 aliphatic rings. The first kappa shape index (κ1) is 44.9. The predicted molar refractivity (Wildman–Crippen MR) is 211 cm³/mol. The Kier molecular flexibility index (Phi) is 18.0. The third-order valence-electron chi connectivity index (χ3n) is 9.56. The number of guanidine groups is 1. The van der Waals surface area contributed by atoms with Crippen molar-refractivity contribution < 1.29 is 30.7 Å². The van der Waals surface area contributed by atoms with Crippen LogP contribution in [0.1, 0.15) is 97.1 Å². The Morgan fingerprint density at radius 2 is 1.46 bits per heavy atom. The maximum Gasteiger partial charge on any atom is 0.351 e. The van der Waals surface area contributed by atoms with Gasteiger partial charge >= 0.3 is 5.96 Å². The van der Waals surface area contributed by atoms with Gasteiger partial charge in [-0.1, -0.05) is 66.2 Å². The van der Waals surface area contributed by atoms with Crippen molar-refractivity contribution in [2.75, 3.05) is 58.1 Å². The summed E-state index contributed by atoms with van der Waals surface area (Å²) in [6.07, 6.45) is 10.1. The fraction of sp³-hybridized carbons (Fsp3) is 0.676. The molecule has 2 unspecified atom stereocenters. The van der Waals surface area contributed by atoms with E-state index in [1.807, 2.05) is 30.6 Å². The predicted octanol–water partition coefficient (Wildman–Crippen LogP) is 5.82. The highest BCUT2D eigenvalue weighted by atomic mass is 32.2. The Bertz CT molecular complexity index is 1720. The van der Waals surface area contributed by atoms with Crippen molar-refractivity contribution in [1.82, 2.24) is 14.4 Å². The van der Waals surface area contributed by atoms with Crippen LogP contribution in [0.2, 0.25) is 0 Å². The molecule has 0 aliphatic heterocycles. The van der Waals surface area contributed by atoms with Gasteiger partial charge in [-0.15, -0.1) is 0 Å². The summed E-state index contributed by atoms with van der Waals surface area (Å²) in [4.78, 5) is 17.7. The van der Waals surface area contributed by atoms with E-state index in [-0.39, 0.29) is 35.0 Å². The lowest BCUT2D eigenvalue weighted by Crippen LogP contribution is -2.51. The van der Waals surface area contributed by atoms with Crippen LogP contribution in [0.25, 0.3) is 0 Å². The molecule has 296 valence electrons. The molecule has 13 nitrogen and oxygen atoms in total. The van der Waals surface area contributed by atoms with Crippen LogP contribution in [-0.4, -0.2) is 94.1 Å². The van der Waals surface area contributed by atoms with Gasteiger partial charge in [0.2, 0.25) is 0 Å². The molecular formula is C37H65N6O7S2+. The van der Waals surface area contributed by atoms with Crippen LogP contribution in [0.15, 0.2) is 34.0 Å². The zero-order valence-electron chi connectivity index (χ0n) is 33.2. The second kappa shape index (κ2) is 20.8. The average Bonchev–Trinajstić information content (AvgIpc) is 3.09. The number of unbranched alkanes of at least 4 members (excludes halogenated alkanes) is 2. The van der Waals surface area contributed by atoms with Crippen molar-refractivity contribution in [3.05, 3.63) is 45.7 Å². The number of benzene rings is 1. The molecule has 0 spiro atoms. The quantitative estimate of drug-likeness (QED) is 0.0332. The lowest BCUT2D eigenvalue weighted by atomic mass is 9.96. The average molecular weight is 770 g/mol. The Morgan fingerprint density at radius 3 is 1.90 bits per heavy atom. The van der Waals surface area contributed by atoms with Gasteiger partial charge in [-0.05, 0) is 68.4 Å². The first-order valence-corrected chi connectivity index (χ1v) is 22.1. The van der Waals surface area contributed by atoms with Crippen molar-refractivity contribution in [2.24, 2.45) is 11.8 Å². The Balaban J connectivity index is 2.36. The van der Waals surface area contributed by atoms with Crippen LogP contribution >= 0.6 is 0 Å². The number of aromatic hydroxyl groups is 1. The van der Waals surface area contributed by atoms with Gasteiger partial charge in [-0.2, -0.15) is 8.42 Å². The Hall–Kier alpha value is -3.30. The number of rotatable bonds is 22. The van der Waals surface area contributed by atoms with Gasteiger partial charge in [-0.3, -0.25) is 24.3 Å². The van der Waals surface area contributed by atoms with Gasteiger partial charge in [0.1, 0.15) is 11.4 Å². The van der Waals surface area contributed by atoms with E-state index >= 15 is 0 Å². The van der Waals surface area contributed by atoms with Gasteiger partial charge in [0.05, 0.1) is 44.8 Å². The maximum absolute atomic E-state index is 13.6. The largest absolute Gasteiger partial charge is 0.494 e. The molecule has 1 aromatic carbocycles. The number of pyridine rings is 1. The van der Waals surface area contributed by atoms with Gasteiger partial charge in [0.15, 0.2) is 22.4 Å². The molecule has 0 amide bonds. The molecule has 0 radical (unpaired) electrons. The highest BCUT2D eigenvalue weighted by molar-refractivity contribution is 7.90. The summed E-state index contributed by atoms with van der Waals surface area (Å²) in [6.45, 7) is 13.7. The van der Waals surface area contributed by atoms with Crippen molar-refractivity contribution in [3.63, 3.8) is 0 Å². The fourth-order valence-electron chi connectivity index (χ4n) is 6.40. The lowest BCUT2D eigenvalue weighted by Gasteiger charge is -2.32. The molecule has 15 heteroatoms. The monoisotopic (exact) mass is 769 g/mol. The van der Waals surface area contributed by atoms with Crippen LogP contribution in [0.5, 0.6) is 5.88 Å². The van der Waals surface area contributed by atoms with Crippen molar-refractivity contribution >= 4 is 37.3 Å². The van der Waals surface area contributed by atoms with Crippen molar-refractivity contribution in [2.45, 2.75) is 110 Å². The molecule has 0 saturated heterocycles. The van der Waals surface area contributed by atoms with E-state index in [9.17, 15) is 26.7 Å². The third kappa shape index (κ3) is 13.0. The number of sulfone groups is 1. The number of hydrogen-bond donors (Lipinski definition) is 3. The molecule has 1 aromatic heterocycles. The first-order valence-electron chi connectivity index (χ1n) is 18.6. The molecule has 1 heterocycles. The van der Waals surface area contributed by atoms with Gasteiger partial charge < -0.3 is 10.5 Å². The van der Waals surface area contributed by atoms with Crippen molar-refractivity contribution in [3.8, 4) is 5.88 Å². The SMILES string of the molecule is CCCCC(CC)CN(CC(CC)CCCC)C(N(C)COS(=O)(=O)Cc1c(C)c(NNc2ccc(S(C)(=O)=O)cc2)c(=O)n(CC)c1O)=[N+](C)C. The molecule has 52 heavy (non-hydrogen) atoms. The second-order valence-corrected chi connectivity index (χ2v) is 17.6. The summed E-state index contributed by atoms with van der Waals surface area (Å²) in [5.74, 6) is 0.764. The molecule has 2 atom stereocenters. The molecule has 0 fully saturated rings. The normalized spacial score (nSPS) is 13.0. The topological polar surface area (TPSA) is 153 Å². The second-order valence-electron chi connectivity index (χ2n) is 14.0. The number of hydrazine groups is 1. The Morgan fingerprint density at radius 1 is 0.923 bits per heavy atom. The van der Waals surface area contributed by atoms with Crippen LogP contribution in [-0.2, 0) is 36.4 Å². The zero-order chi connectivity index (χ0) is 39.2. The van der Waals surface area contributed by atoms with E-state index in [1.165, 1.54) is 24.3 Å². The standard InChI is InChI=1S/C37H64N6O7S2/c1-11-16-18-29(13-3)24-42(25-30(14-4)19-17-12-2)37(40(7)8)41(9)27-50-52(48,49)26-33-28(6)34(36(45)43(15-5)35(33)44)39-38-31-20-22-32(23-21-31)51(10,46)47/h20-23,29-30,38-39H,11-19,24-27H2,1-10H3/p+1. The van der Waals surface area contributed by atoms with E-state index in [1.54, 1.807) is 13.8 Å². The van der Waals surface area contributed by atoms with Crippen molar-refractivity contribution in [1.29, 1.82) is 0 Å². The third-order valence-corrected chi connectivity index (χ3v) is 11.8. The van der Waals surface area contributed by atoms with E-state index in [4.69, 9.17) is 4.18 Å². The minimum absolute atomic E-state index is 0.0303. The van der Waals surface area contributed by atoms with Gasteiger partial charge in [0, 0.05) is 18.4 Å². The number of hydrogen-bond acceptors (Lipinski definition) is 9. The van der Waals surface area contributed by atoms with Crippen LogP contribution in [0.3, 0.4) is 0 Å². The number of nitrogens with one attached hydrogen (secondary N) is 2. The molecule has 0 saturated carbocycles. The minimum Gasteiger partial charge on any atom is -0.494 e. The zero-order valence-corrected chi connectivity index (χ0v) is 34.8. The minimum atomic E-state index is -4.25. The summed E-state index contributed by atoms with van der Waals surface area (Å²) in [5, 5.41) is 11.1. The fourth-order valence-corrected chi connectivity index (χ4v) is 8.14. The number of aromatic nitrogens is 1. The first-order chi connectivity index (χ1) is 24.4. The van der Waals surface area contributed by atoms with E-state index < -0.39 is 37.1 Å². The number of nitrogens with zero attached hydrogens (tertiary/aromatic N) is 4. The lowest BCUT2D eigenvalue weighted by molar-refractivity contribution is -0.476. The van der Waals surface area contributed by atoms with Gasteiger partial charge in [0.25, 0.3) is 15.7 Å². The molecule has 0 aliphatic carbocycles.